The summed E-state index contributed by atoms with van der Waals surface area (Å²) in [4.78, 5) is 60.5. The number of aliphatic hydroxyl groups is 3. The number of benzene rings is 1. The van der Waals surface area contributed by atoms with Crippen molar-refractivity contribution >= 4 is 41.2 Å². The minimum absolute atomic E-state index is 0.0175. The minimum Gasteiger partial charge on any atom is -0.462 e. The number of para-hydroxylation sites is 1. The molecule has 4 heterocycles. The van der Waals surface area contributed by atoms with Crippen LogP contribution < -0.4 is 0 Å². The summed E-state index contributed by atoms with van der Waals surface area (Å²) in [5.41, 5.74) is 0.266. The number of hydrogen-bond donors (Lipinski definition) is 3. The second-order valence-electron chi connectivity index (χ2n) is 19.8. The molecular formula is C52H79N3O15. The molecule has 70 heavy (non-hydrogen) atoms. The van der Waals surface area contributed by atoms with Crippen molar-refractivity contribution in [3.8, 4) is 0 Å². The molecule has 0 spiro atoms. The normalized spacial score (nSPS) is 35.6. The molecule has 0 saturated carbocycles. The zero-order valence-corrected chi connectivity index (χ0v) is 42.7. The molecule has 0 radical (unpaired) electrons. The number of hydrogen-bond acceptors (Lipinski definition) is 18. The van der Waals surface area contributed by atoms with Gasteiger partial charge in [0.05, 0.1) is 42.4 Å². The number of aldehydes is 1. The van der Waals surface area contributed by atoms with Gasteiger partial charge in [-0.1, -0.05) is 51.1 Å². The first-order valence-electron chi connectivity index (χ1n) is 24.9. The highest BCUT2D eigenvalue weighted by Crippen LogP contribution is 2.38. The van der Waals surface area contributed by atoms with Gasteiger partial charge >= 0.3 is 17.9 Å². The molecule has 0 aliphatic carbocycles. The van der Waals surface area contributed by atoms with Gasteiger partial charge in [0.1, 0.15) is 42.4 Å². The van der Waals surface area contributed by atoms with E-state index >= 15 is 0 Å². The summed E-state index contributed by atoms with van der Waals surface area (Å²) in [6.07, 6.45) is -4.34. The van der Waals surface area contributed by atoms with E-state index in [-0.39, 0.29) is 38.0 Å². The molecule has 3 aliphatic rings. The van der Waals surface area contributed by atoms with Crippen LogP contribution in [0.2, 0.25) is 0 Å². The number of pyridine rings is 1. The monoisotopic (exact) mass is 986 g/mol. The van der Waals surface area contributed by atoms with E-state index in [1.165, 1.54) is 7.11 Å². The van der Waals surface area contributed by atoms with Crippen LogP contribution in [0.5, 0.6) is 0 Å². The zero-order valence-electron chi connectivity index (χ0n) is 42.7. The second kappa shape index (κ2) is 26.7. The summed E-state index contributed by atoms with van der Waals surface area (Å²) >= 11 is 0. The molecule has 0 amide bonds. The number of aromatic nitrogens is 1. The number of ether oxygens (including phenoxy) is 8. The van der Waals surface area contributed by atoms with E-state index in [4.69, 9.17) is 37.9 Å². The van der Waals surface area contributed by atoms with Crippen LogP contribution in [0.1, 0.15) is 105 Å². The van der Waals surface area contributed by atoms with Crippen molar-refractivity contribution in [1.29, 1.82) is 0 Å². The number of fused-ring (bicyclic) bond motifs is 1. The summed E-state index contributed by atoms with van der Waals surface area (Å²) in [5, 5.41) is 36.3. The molecule has 16 atom stereocenters. The fourth-order valence-corrected chi connectivity index (χ4v) is 9.97. The van der Waals surface area contributed by atoms with Gasteiger partial charge in [-0.15, -0.1) is 0 Å². The molecule has 2 aromatic rings. The van der Waals surface area contributed by atoms with E-state index in [0.29, 0.717) is 32.4 Å². The Kier molecular flexibility index (Phi) is 21.7. The van der Waals surface area contributed by atoms with E-state index in [1.807, 2.05) is 61.4 Å². The van der Waals surface area contributed by atoms with Crippen molar-refractivity contribution in [3.63, 3.8) is 0 Å². The Balaban J connectivity index is 1.44. The molecule has 18 heteroatoms. The number of esters is 3. The molecule has 3 saturated heterocycles. The number of likely N-dealkylation sites (N-methyl/N-ethyl adjacent to an activating group) is 2. The van der Waals surface area contributed by atoms with E-state index in [9.17, 15) is 34.5 Å². The van der Waals surface area contributed by atoms with E-state index < -0.39 is 116 Å². The number of aliphatic hydroxyl groups excluding tert-OH is 2. The van der Waals surface area contributed by atoms with Crippen molar-refractivity contribution in [3.05, 3.63) is 48.2 Å². The Morgan fingerprint density at radius 3 is 2.37 bits per heavy atom. The number of rotatable bonds is 15. The molecule has 3 N–H and O–H groups in total. The quantitative estimate of drug-likeness (QED) is 0.126. The minimum atomic E-state index is -1.50. The maximum Gasteiger partial charge on any atom is 0.309 e. The lowest BCUT2D eigenvalue weighted by atomic mass is 9.82. The summed E-state index contributed by atoms with van der Waals surface area (Å²) in [5.74, 6) is -2.81. The number of β-amino-alcohol motifs (C(OH)–C–C–N with tert-alkyl or cyclic N) is 1. The third kappa shape index (κ3) is 15.5. The number of methoxy groups -OCH3 is 1. The number of nitrogens with zero attached hydrogens (tertiary/aromatic N) is 3. The topological polar surface area (TPSA) is 222 Å². The molecule has 1 aromatic carbocycles. The first-order valence-corrected chi connectivity index (χ1v) is 24.9. The summed E-state index contributed by atoms with van der Waals surface area (Å²) in [6, 6.07) is 9.07. The van der Waals surface area contributed by atoms with E-state index in [1.54, 1.807) is 59.8 Å². The molecule has 3 fully saturated rings. The van der Waals surface area contributed by atoms with Crippen LogP contribution in [0.4, 0.5) is 0 Å². The Labute approximate surface area is 413 Å². The largest absolute Gasteiger partial charge is 0.462 e. The fourth-order valence-electron chi connectivity index (χ4n) is 9.97. The number of cyclic esters (lactones) is 1. The Hall–Kier alpha value is -3.95. The highest BCUT2D eigenvalue weighted by Gasteiger charge is 2.53. The van der Waals surface area contributed by atoms with Crippen molar-refractivity contribution in [2.75, 3.05) is 41.3 Å². The average Bonchev–Trinajstić information content (AvgIpc) is 3.30. The van der Waals surface area contributed by atoms with Crippen LogP contribution in [-0.2, 0) is 57.1 Å². The fraction of sp³-hybridized carbons (Fsp3) is 0.712. The van der Waals surface area contributed by atoms with Gasteiger partial charge in [-0.05, 0) is 97.3 Å². The van der Waals surface area contributed by atoms with Crippen molar-refractivity contribution in [2.45, 2.75) is 185 Å². The highest BCUT2D eigenvalue weighted by atomic mass is 16.7. The van der Waals surface area contributed by atoms with Crippen LogP contribution in [0, 0.1) is 11.8 Å². The van der Waals surface area contributed by atoms with Crippen LogP contribution in [0.25, 0.3) is 17.0 Å². The molecule has 0 bridgehead atoms. The lowest BCUT2D eigenvalue weighted by molar-refractivity contribution is -0.344. The first-order chi connectivity index (χ1) is 33.3. The first kappa shape index (κ1) is 57.0. The Morgan fingerprint density at radius 1 is 0.986 bits per heavy atom. The molecule has 392 valence electrons. The molecule has 5 unspecified atom stereocenters. The SMILES string of the molecule is CCC(=O)O[C@@H]1CC(=O)O[C@@H](CC=Cc2cnc3ccccc3c2)CCCN(C)C[C@H](O)[C@H](C)C[C@H](CC=O)[C@H](O[C@@H]2OC(C)[C@@H](O[C@H]3CC(C)(O)[C@@H](OC(=O)CC)C(C)O3)C(N(C)C)C2O)[C@H]1OC. The van der Waals surface area contributed by atoms with Gasteiger partial charge in [0.15, 0.2) is 18.7 Å². The van der Waals surface area contributed by atoms with Gasteiger partial charge in [0, 0.05) is 57.3 Å². The molecule has 1 aromatic heterocycles. The van der Waals surface area contributed by atoms with Crippen LogP contribution in [0.15, 0.2) is 42.6 Å². The Morgan fingerprint density at radius 2 is 1.70 bits per heavy atom. The van der Waals surface area contributed by atoms with E-state index in [0.717, 1.165) is 22.8 Å². The zero-order chi connectivity index (χ0) is 51.3. The third-order valence-electron chi connectivity index (χ3n) is 13.8. The van der Waals surface area contributed by atoms with Gasteiger partial charge in [0.2, 0.25) is 0 Å². The highest BCUT2D eigenvalue weighted by molar-refractivity contribution is 5.80. The predicted octanol–water partition coefficient (Wildman–Crippen LogP) is 4.61. The summed E-state index contributed by atoms with van der Waals surface area (Å²) in [7, 11) is 6.82. The van der Waals surface area contributed by atoms with Crippen molar-refractivity contribution < 1.29 is 72.4 Å². The van der Waals surface area contributed by atoms with Gasteiger partial charge < -0.3 is 67.8 Å². The van der Waals surface area contributed by atoms with E-state index in [2.05, 4.69) is 4.98 Å². The molecule has 3 aliphatic heterocycles. The third-order valence-corrected chi connectivity index (χ3v) is 13.8. The maximum absolute atomic E-state index is 14.1. The molecule has 5 rings (SSSR count). The van der Waals surface area contributed by atoms with Crippen LogP contribution in [0.3, 0.4) is 0 Å². The number of carbonyl (C=O) groups excluding carboxylic acids is 4. The lowest BCUT2D eigenvalue weighted by Gasteiger charge is -2.50. The van der Waals surface area contributed by atoms with Crippen LogP contribution >= 0.6 is 0 Å². The van der Waals surface area contributed by atoms with Crippen LogP contribution in [-0.4, -0.2) is 181 Å². The van der Waals surface area contributed by atoms with Crippen molar-refractivity contribution in [2.24, 2.45) is 11.8 Å². The number of carbonyl (C=O) groups is 4. The smallest absolute Gasteiger partial charge is 0.309 e. The van der Waals surface area contributed by atoms with Crippen molar-refractivity contribution in [1.82, 2.24) is 14.8 Å². The summed E-state index contributed by atoms with van der Waals surface area (Å²) in [6.45, 7) is 11.1. The van der Waals surface area contributed by atoms with Gasteiger partial charge in [0.25, 0.3) is 0 Å². The van der Waals surface area contributed by atoms with Gasteiger partial charge in [-0.3, -0.25) is 19.4 Å². The molecular weight excluding hydrogens is 907 g/mol. The average molecular weight is 986 g/mol. The summed E-state index contributed by atoms with van der Waals surface area (Å²) < 4.78 is 49.8. The standard InChI is InChI=1S/C52H79N3O15/c1-11-41(58)67-40-27-43(60)66-37(19-15-17-34-26-35-18-13-14-21-38(35)53-29-34)20-16-23-55(9)30-39(57)31(3)25-36(22-24-56)48(49(40)63-10)70-51-46(61)45(54(7)8)47(32(4)65-51)69-44-28-52(6,62)50(33(5)64-44)68-42(59)12-2/h13-15,17-18,21,24,26,29,31-33,36-37,39-40,44-51,57,61-62H,11-12,16,19-20,22-23,25,27-28,30H2,1-10H3/t31-,32?,33?,36+,37+,39+,40-,44+,45?,46?,47-,48+,49+,50+,51+,52?/m1/s1. The van der Waals surface area contributed by atoms with Gasteiger partial charge in [-0.25, -0.2) is 0 Å². The second-order valence-corrected chi connectivity index (χ2v) is 19.8. The lowest BCUT2D eigenvalue weighted by Crippen LogP contribution is -2.66. The predicted molar refractivity (Wildman–Crippen MR) is 259 cm³/mol. The maximum atomic E-state index is 14.1. The van der Waals surface area contributed by atoms with Gasteiger partial charge in [-0.2, -0.15) is 0 Å². The molecule has 18 nitrogen and oxygen atoms in total. The Bertz CT molecular complexity index is 2020.